The van der Waals surface area contributed by atoms with Gasteiger partial charge in [0.15, 0.2) is 6.10 Å². The molecule has 0 spiro atoms. The summed E-state index contributed by atoms with van der Waals surface area (Å²) in [5.74, 6) is -0.836. The van der Waals surface area contributed by atoms with E-state index in [1.54, 1.807) is 0 Å². The van der Waals surface area contributed by atoms with E-state index in [0.29, 0.717) is 19.3 Å². The largest absolute Gasteiger partial charge is 0.462 e. The molecule has 0 amide bonds. The third-order valence-electron chi connectivity index (χ3n) is 17.8. The van der Waals surface area contributed by atoms with Crippen molar-refractivity contribution < 1.29 is 28.6 Å². The second kappa shape index (κ2) is 72.6. The first-order valence-corrected chi connectivity index (χ1v) is 38.2. The lowest BCUT2D eigenvalue weighted by atomic mass is 10.0. The van der Waals surface area contributed by atoms with Crippen molar-refractivity contribution in [1.82, 2.24) is 0 Å². The molecule has 0 saturated carbocycles. The number of carbonyl (C=O) groups is 3. The smallest absolute Gasteiger partial charge is 0.306 e. The summed E-state index contributed by atoms with van der Waals surface area (Å²) in [5, 5.41) is 0. The summed E-state index contributed by atoms with van der Waals surface area (Å²) in [5.41, 5.74) is 0. The minimum atomic E-state index is -0.770. The van der Waals surface area contributed by atoms with Crippen LogP contribution in [0.15, 0.2) is 12.2 Å². The monoisotopic (exact) mass is 1170 g/mol. The van der Waals surface area contributed by atoms with Gasteiger partial charge >= 0.3 is 17.9 Å². The Balaban J connectivity index is 4.16. The molecule has 0 aromatic heterocycles. The third kappa shape index (κ3) is 70.8. The van der Waals surface area contributed by atoms with Gasteiger partial charge in [-0.3, -0.25) is 14.4 Å². The highest BCUT2D eigenvalue weighted by atomic mass is 16.6. The molecular weight excluding hydrogens is 1020 g/mol. The van der Waals surface area contributed by atoms with Crippen molar-refractivity contribution in [2.45, 2.75) is 451 Å². The molecule has 6 heteroatoms. The number of hydrogen-bond donors (Lipinski definition) is 0. The Kier molecular flexibility index (Phi) is 71.0. The van der Waals surface area contributed by atoms with Crippen molar-refractivity contribution in [2.75, 3.05) is 13.2 Å². The van der Waals surface area contributed by atoms with Gasteiger partial charge in [0.1, 0.15) is 13.2 Å². The molecular formula is C77H148O6. The van der Waals surface area contributed by atoms with E-state index in [0.717, 1.165) is 64.2 Å². The van der Waals surface area contributed by atoms with Gasteiger partial charge in [0, 0.05) is 19.3 Å². The van der Waals surface area contributed by atoms with E-state index in [2.05, 4.69) is 32.9 Å². The topological polar surface area (TPSA) is 78.9 Å². The lowest BCUT2D eigenvalue weighted by Gasteiger charge is -2.18. The predicted molar refractivity (Wildman–Crippen MR) is 363 cm³/mol. The van der Waals surface area contributed by atoms with Gasteiger partial charge in [-0.1, -0.05) is 392 Å². The highest BCUT2D eigenvalue weighted by Gasteiger charge is 2.20. The Morgan fingerprint density at radius 2 is 0.398 bits per heavy atom. The second-order valence-electron chi connectivity index (χ2n) is 26.3. The minimum absolute atomic E-state index is 0.0655. The summed E-state index contributed by atoms with van der Waals surface area (Å²) in [6, 6.07) is 0. The maximum Gasteiger partial charge on any atom is 0.306 e. The molecule has 6 nitrogen and oxygen atoms in total. The van der Waals surface area contributed by atoms with Crippen LogP contribution in [0.2, 0.25) is 0 Å². The fraction of sp³-hybridized carbons (Fsp3) is 0.935. The number of carbonyl (C=O) groups excluding carboxylic acids is 3. The Bertz CT molecular complexity index is 1300. The molecule has 0 fully saturated rings. The highest BCUT2D eigenvalue weighted by molar-refractivity contribution is 5.71. The Hall–Kier alpha value is -1.85. The van der Waals surface area contributed by atoms with Crippen molar-refractivity contribution in [3.05, 3.63) is 12.2 Å². The standard InChI is InChI=1S/C77H148O6/c1-4-7-10-13-16-19-22-25-27-29-31-33-35-37-39-41-43-45-47-49-52-55-58-61-64-67-70-76(79)82-73-74(72-81-75(78)69-66-63-60-57-54-51-24-21-18-15-12-9-6-3)83-77(80)71-68-65-62-59-56-53-50-48-46-44-42-40-38-36-34-32-30-28-26-23-20-17-14-11-8-5-2/h21,24,74H,4-20,22-23,25-73H2,1-3H3/b24-21-. The summed E-state index contributed by atoms with van der Waals surface area (Å²) in [6.07, 6.45) is 88.4. The summed E-state index contributed by atoms with van der Waals surface area (Å²) in [4.78, 5) is 38.5. The van der Waals surface area contributed by atoms with Crippen LogP contribution in [-0.2, 0) is 28.6 Å². The maximum absolute atomic E-state index is 13.0. The summed E-state index contributed by atoms with van der Waals surface area (Å²) >= 11 is 0. The van der Waals surface area contributed by atoms with E-state index in [4.69, 9.17) is 14.2 Å². The number of unbranched alkanes of at least 4 members (excludes halogenated alkanes) is 59. The van der Waals surface area contributed by atoms with Gasteiger partial charge in [-0.15, -0.1) is 0 Å². The van der Waals surface area contributed by atoms with Crippen LogP contribution in [0, 0.1) is 0 Å². The van der Waals surface area contributed by atoms with Gasteiger partial charge in [-0.25, -0.2) is 0 Å². The number of ether oxygens (including phenoxy) is 3. The molecule has 0 aromatic carbocycles. The molecule has 0 heterocycles. The number of allylic oxidation sites excluding steroid dienone is 2. The highest BCUT2D eigenvalue weighted by Crippen LogP contribution is 2.20. The molecule has 0 aliphatic heterocycles. The predicted octanol–water partition coefficient (Wildman–Crippen LogP) is 26.3. The van der Waals surface area contributed by atoms with E-state index < -0.39 is 6.10 Å². The molecule has 0 rings (SSSR count). The van der Waals surface area contributed by atoms with E-state index in [1.165, 1.54) is 340 Å². The average molecular weight is 1170 g/mol. The van der Waals surface area contributed by atoms with Crippen molar-refractivity contribution in [2.24, 2.45) is 0 Å². The van der Waals surface area contributed by atoms with E-state index >= 15 is 0 Å². The number of esters is 3. The van der Waals surface area contributed by atoms with Crippen LogP contribution in [0.3, 0.4) is 0 Å². The van der Waals surface area contributed by atoms with E-state index in [-0.39, 0.29) is 31.1 Å². The summed E-state index contributed by atoms with van der Waals surface area (Å²) in [7, 11) is 0. The van der Waals surface area contributed by atoms with Gasteiger partial charge in [-0.05, 0) is 44.9 Å². The van der Waals surface area contributed by atoms with Crippen molar-refractivity contribution in [3.63, 3.8) is 0 Å². The van der Waals surface area contributed by atoms with Crippen molar-refractivity contribution in [3.8, 4) is 0 Å². The molecule has 83 heavy (non-hydrogen) atoms. The molecule has 1 atom stereocenters. The van der Waals surface area contributed by atoms with Crippen molar-refractivity contribution >= 4 is 17.9 Å². The zero-order chi connectivity index (χ0) is 59.9. The molecule has 0 bridgehead atoms. The van der Waals surface area contributed by atoms with Crippen LogP contribution in [0.1, 0.15) is 445 Å². The third-order valence-corrected chi connectivity index (χ3v) is 17.8. The van der Waals surface area contributed by atoms with Gasteiger partial charge in [0.05, 0.1) is 0 Å². The lowest BCUT2D eigenvalue weighted by Crippen LogP contribution is -2.30. The average Bonchev–Trinajstić information content (AvgIpc) is 3.50. The molecule has 0 aliphatic rings. The molecule has 0 aromatic rings. The fourth-order valence-electron chi connectivity index (χ4n) is 12.0. The Morgan fingerprint density at radius 3 is 0.614 bits per heavy atom. The van der Waals surface area contributed by atoms with Crippen LogP contribution >= 0.6 is 0 Å². The Labute approximate surface area is 520 Å². The first kappa shape index (κ1) is 81.2. The zero-order valence-electron chi connectivity index (χ0n) is 56.8. The zero-order valence-corrected chi connectivity index (χ0v) is 56.8. The molecule has 0 N–H and O–H groups in total. The van der Waals surface area contributed by atoms with Crippen molar-refractivity contribution in [1.29, 1.82) is 0 Å². The van der Waals surface area contributed by atoms with Crippen LogP contribution < -0.4 is 0 Å². The molecule has 0 radical (unpaired) electrons. The van der Waals surface area contributed by atoms with Gasteiger partial charge < -0.3 is 14.2 Å². The van der Waals surface area contributed by atoms with Crippen LogP contribution in [-0.4, -0.2) is 37.2 Å². The quantitative estimate of drug-likeness (QED) is 0.0261. The normalized spacial score (nSPS) is 12.0. The molecule has 0 saturated heterocycles. The van der Waals surface area contributed by atoms with Gasteiger partial charge in [0.25, 0.3) is 0 Å². The van der Waals surface area contributed by atoms with Crippen LogP contribution in [0.5, 0.6) is 0 Å². The first-order chi connectivity index (χ1) is 41.0. The SMILES string of the molecule is CCCCCC/C=C\CCCCCCCC(=O)OCC(COC(=O)CCCCCCCCCCCCCCCCCCCCCCCCCCCC)OC(=O)CCCCCCCCCCCCCCCCCCCCCCCCCCCC. The Morgan fingerprint density at radius 1 is 0.229 bits per heavy atom. The van der Waals surface area contributed by atoms with Crippen LogP contribution in [0.25, 0.3) is 0 Å². The molecule has 1 unspecified atom stereocenters. The maximum atomic E-state index is 13.0. The fourth-order valence-corrected chi connectivity index (χ4v) is 12.0. The van der Waals surface area contributed by atoms with Crippen LogP contribution in [0.4, 0.5) is 0 Å². The molecule has 0 aliphatic carbocycles. The lowest BCUT2D eigenvalue weighted by molar-refractivity contribution is -0.167. The molecule has 492 valence electrons. The van der Waals surface area contributed by atoms with E-state index in [1.807, 2.05) is 0 Å². The summed E-state index contributed by atoms with van der Waals surface area (Å²) in [6.45, 7) is 6.72. The number of rotatable bonds is 72. The van der Waals surface area contributed by atoms with Gasteiger partial charge in [-0.2, -0.15) is 0 Å². The van der Waals surface area contributed by atoms with Gasteiger partial charge in [0.2, 0.25) is 0 Å². The summed E-state index contributed by atoms with van der Waals surface area (Å²) < 4.78 is 17.0. The number of hydrogen-bond acceptors (Lipinski definition) is 6. The minimum Gasteiger partial charge on any atom is -0.462 e. The second-order valence-corrected chi connectivity index (χ2v) is 26.3. The first-order valence-electron chi connectivity index (χ1n) is 38.2. The van der Waals surface area contributed by atoms with E-state index in [9.17, 15) is 14.4 Å².